The zero-order chi connectivity index (χ0) is 29.4. The van der Waals surface area contributed by atoms with Crippen molar-refractivity contribution in [3.8, 4) is 17.3 Å². The average molecular weight is 660 g/mol. The Morgan fingerprint density at radius 1 is 1.12 bits per heavy atom. The largest absolute Gasteiger partial charge is 0.480 e. The zero-order valence-electron chi connectivity index (χ0n) is 22.2. The molecule has 0 unspecified atom stereocenters. The standard InChI is InChI=1S/C31H23BrN4O4S2/c1-18-24(29(40-22-13-11-20(32)12-14-22)36(34-18)21-7-3-2-4-8-21)16-27-28(37)35(31(41)42-27)26(30(38)39)15-19-17-33-25-10-6-5-9-23(19)25/h2-14,16-17,26,33H,15H2,1H3,(H,38,39)/b27-16-/t26-/m0/s1. The van der Waals surface area contributed by atoms with E-state index < -0.39 is 17.9 Å². The first-order valence-electron chi connectivity index (χ1n) is 12.9. The highest BCUT2D eigenvalue weighted by Gasteiger charge is 2.41. The zero-order valence-corrected chi connectivity index (χ0v) is 25.4. The maximum absolute atomic E-state index is 13.8. The van der Waals surface area contributed by atoms with Crippen molar-refractivity contribution < 1.29 is 19.4 Å². The quantitative estimate of drug-likeness (QED) is 0.135. The van der Waals surface area contributed by atoms with E-state index in [9.17, 15) is 14.7 Å². The number of carboxylic acids is 1. The number of nitrogens with one attached hydrogen (secondary N) is 1. The van der Waals surface area contributed by atoms with Crippen LogP contribution >= 0.6 is 39.9 Å². The average Bonchev–Trinajstić information content (AvgIpc) is 3.62. The minimum Gasteiger partial charge on any atom is -0.480 e. The van der Waals surface area contributed by atoms with Gasteiger partial charge in [-0.25, -0.2) is 4.79 Å². The number of aromatic amines is 1. The molecule has 0 radical (unpaired) electrons. The van der Waals surface area contributed by atoms with Gasteiger partial charge >= 0.3 is 5.97 Å². The number of benzene rings is 3. The highest BCUT2D eigenvalue weighted by molar-refractivity contribution is 9.10. The fraction of sp³-hybridized carbons (Fsp3) is 0.0968. The predicted molar refractivity (Wildman–Crippen MR) is 171 cm³/mol. The molecule has 6 rings (SSSR count). The van der Waals surface area contributed by atoms with Gasteiger partial charge in [-0.1, -0.05) is 76.3 Å². The molecule has 3 heterocycles. The van der Waals surface area contributed by atoms with E-state index in [1.54, 1.807) is 17.0 Å². The van der Waals surface area contributed by atoms with Gasteiger partial charge in [0.15, 0.2) is 0 Å². The fourth-order valence-electron chi connectivity index (χ4n) is 4.82. The third kappa shape index (κ3) is 5.38. The van der Waals surface area contributed by atoms with Crippen LogP contribution in [0.2, 0.25) is 0 Å². The molecule has 1 amide bonds. The van der Waals surface area contributed by atoms with E-state index in [1.807, 2.05) is 85.8 Å². The third-order valence-electron chi connectivity index (χ3n) is 6.88. The van der Waals surface area contributed by atoms with Gasteiger partial charge in [-0.05, 0) is 61.0 Å². The number of rotatable bonds is 8. The molecule has 1 saturated heterocycles. The number of aliphatic carboxylic acids is 1. The number of amides is 1. The summed E-state index contributed by atoms with van der Waals surface area (Å²) in [6.45, 7) is 1.83. The second-order valence-corrected chi connectivity index (χ2v) is 12.2. The highest BCUT2D eigenvalue weighted by Crippen LogP contribution is 2.39. The number of carboxylic acid groups (broad SMARTS) is 1. The van der Waals surface area contributed by atoms with Crippen molar-refractivity contribution in [3.63, 3.8) is 0 Å². The molecule has 8 nitrogen and oxygen atoms in total. The number of thiocarbonyl (C=S) groups is 1. The number of carbonyl (C=O) groups excluding carboxylic acids is 1. The Labute approximate surface area is 259 Å². The number of aromatic nitrogens is 3. The molecular weight excluding hydrogens is 636 g/mol. The molecule has 1 atom stereocenters. The molecule has 1 aliphatic rings. The van der Waals surface area contributed by atoms with Crippen molar-refractivity contribution in [3.05, 3.63) is 111 Å². The summed E-state index contributed by atoms with van der Waals surface area (Å²) in [6, 6.07) is 23.4. The van der Waals surface area contributed by atoms with Gasteiger partial charge in [0.25, 0.3) is 5.91 Å². The van der Waals surface area contributed by atoms with Gasteiger partial charge in [0.1, 0.15) is 16.1 Å². The smallest absolute Gasteiger partial charge is 0.327 e. The molecule has 5 aromatic rings. The van der Waals surface area contributed by atoms with Crippen molar-refractivity contribution in [2.75, 3.05) is 0 Å². The van der Waals surface area contributed by atoms with E-state index in [1.165, 1.54) is 4.90 Å². The van der Waals surface area contributed by atoms with Gasteiger partial charge in [0, 0.05) is 28.0 Å². The van der Waals surface area contributed by atoms with Crippen molar-refractivity contribution in [1.29, 1.82) is 0 Å². The number of aryl methyl sites for hydroxylation is 1. The fourth-order valence-corrected chi connectivity index (χ4v) is 6.42. The number of carbonyl (C=O) groups is 2. The molecule has 0 bridgehead atoms. The molecule has 1 fully saturated rings. The van der Waals surface area contributed by atoms with Crippen LogP contribution in [0.25, 0.3) is 22.7 Å². The maximum Gasteiger partial charge on any atom is 0.327 e. The lowest BCUT2D eigenvalue weighted by Crippen LogP contribution is -2.45. The maximum atomic E-state index is 13.8. The Bertz CT molecular complexity index is 1870. The van der Waals surface area contributed by atoms with Gasteiger partial charge in [-0.2, -0.15) is 9.78 Å². The molecule has 1 aliphatic heterocycles. The Morgan fingerprint density at radius 3 is 2.57 bits per heavy atom. The van der Waals surface area contributed by atoms with Crippen molar-refractivity contribution in [2.45, 2.75) is 19.4 Å². The first-order chi connectivity index (χ1) is 20.3. The van der Waals surface area contributed by atoms with Crippen LogP contribution in [-0.2, 0) is 16.0 Å². The minimum atomic E-state index is -1.17. The van der Waals surface area contributed by atoms with Crippen molar-refractivity contribution in [1.82, 2.24) is 19.7 Å². The van der Waals surface area contributed by atoms with Gasteiger partial charge in [-0.3, -0.25) is 9.69 Å². The van der Waals surface area contributed by atoms with E-state index in [-0.39, 0.29) is 10.7 Å². The molecule has 2 N–H and O–H groups in total. The minimum absolute atomic E-state index is 0.0992. The summed E-state index contributed by atoms with van der Waals surface area (Å²) in [6.07, 6.45) is 3.56. The summed E-state index contributed by atoms with van der Waals surface area (Å²) < 4.78 is 9.11. The van der Waals surface area contributed by atoms with Crippen molar-refractivity contribution >= 4 is 73.1 Å². The second-order valence-electron chi connectivity index (χ2n) is 9.58. The van der Waals surface area contributed by atoms with E-state index in [4.69, 9.17) is 22.1 Å². The number of thioether (sulfide) groups is 1. The lowest BCUT2D eigenvalue weighted by atomic mass is 10.0. The molecule has 42 heavy (non-hydrogen) atoms. The summed E-state index contributed by atoms with van der Waals surface area (Å²) in [5.41, 5.74) is 3.69. The van der Waals surface area contributed by atoms with Crippen LogP contribution in [0.5, 0.6) is 11.6 Å². The van der Waals surface area contributed by atoms with Crippen LogP contribution in [-0.4, -0.2) is 47.0 Å². The molecule has 0 aliphatic carbocycles. The number of hydrogen-bond acceptors (Lipinski definition) is 6. The van der Waals surface area contributed by atoms with Gasteiger partial charge < -0.3 is 14.8 Å². The summed E-state index contributed by atoms with van der Waals surface area (Å²) in [7, 11) is 0. The lowest BCUT2D eigenvalue weighted by Gasteiger charge is -2.23. The van der Waals surface area contributed by atoms with E-state index in [0.29, 0.717) is 27.8 Å². The van der Waals surface area contributed by atoms with Crippen LogP contribution in [0.1, 0.15) is 16.8 Å². The number of para-hydroxylation sites is 2. The molecular formula is C31H23BrN4O4S2. The SMILES string of the molecule is Cc1nn(-c2ccccc2)c(Oc2ccc(Br)cc2)c1/C=C1\SC(=S)N([C@@H](Cc2c[nH]c3ccccc23)C(=O)O)C1=O. The molecule has 3 aromatic carbocycles. The second kappa shape index (κ2) is 11.6. The topological polar surface area (TPSA) is 100 Å². The summed E-state index contributed by atoms with van der Waals surface area (Å²) in [4.78, 5) is 30.9. The number of ether oxygens (including phenoxy) is 1. The summed E-state index contributed by atoms with van der Waals surface area (Å²) in [5, 5.41) is 15.8. The lowest BCUT2D eigenvalue weighted by molar-refractivity contribution is -0.145. The highest BCUT2D eigenvalue weighted by atomic mass is 79.9. The van der Waals surface area contributed by atoms with E-state index >= 15 is 0 Å². The van der Waals surface area contributed by atoms with Crippen LogP contribution in [0.3, 0.4) is 0 Å². The Kier molecular flexibility index (Phi) is 7.72. The Morgan fingerprint density at radius 2 is 1.83 bits per heavy atom. The number of fused-ring (bicyclic) bond motifs is 1. The number of nitrogens with zero attached hydrogens (tertiary/aromatic N) is 3. The number of halogens is 1. The first kappa shape index (κ1) is 28.0. The van der Waals surface area contributed by atoms with E-state index in [0.717, 1.165) is 38.4 Å². The molecule has 11 heteroatoms. The van der Waals surface area contributed by atoms with E-state index in [2.05, 4.69) is 20.9 Å². The number of H-pyrrole nitrogens is 1. The van der Waals surface area contributed by atoms with Crippen LogP contribution in [0, 0.1) is 6.92 Å². The number of hydrogen-bond donors (Lipinski definition) is 2. The summed E-state index contributed by atoms with van der Waals surface area (Å²) >= 11 is 10.1. The predicted octanol–water partition coefficient (Wildman–Crippen LogP) is 7.11. The van der Waals surface area contributed by atoms with Crippen molar-refractivity contribution in [2.24, 2.45) is 0 Å². The molecule has 2 aromatic heterocycles. The van der Waals surface area contributed by atoms with Crippen LogP contribution in [0.15, 0.2) is 94.4 Å². The normalized spacial score (nSPS) is 15.1. The van der Waals surface area contributed by atoms with Crippen LogP contribution in [0.4, 0.5) is 0 Å². The third-order valence-corrected chi connectivity index (χ3v) is 8.73. The van der Waals surface area contributed by atoms with Gasteiger partial charge in [0.05, 0.1) is 21.8 Å². The monoisotopic (exact) mass is 658 g/mol. The van der Waals surface area contributed by atoms with Gasteiger partial charge in [0.2, 0.25) is 5.88 Å². The Hall–Kier alpha value is -4.19. The molecule has 0 saturated carbocycles. The Balaban J connectivity index is 1.37. The summed E-state index contributed by atoms with van der Waals surface area (Å²) in [5.74, 6) is -0.606. The molecule has 210 valence electrons. The first-order valence-corrected chi connectivity index (χ1v) is 15.0. The van der Waals surface area contributed by atoms with Gasteiger partial charge in [-0.15, -0.1) is 0 Å². The van der Waals surface area contributed by atoms with Crippen LogP contribution < -0.4 is 4.74 Å². The molecule has 0 spiro atoms.